The van der Waals surface area contributed by atoms with E-state index in [1.165, 1.54) is 24.5 Å². The molecular formula is C47H51F5N16O4. The molecule has 20 nitrogen and oxygen atoms in total. The smallest absolute Gasteiger partial charge is 0.378 e. The fraction of sp³-hybridized carbons (Fsp3) is 0.319. The maximum atomic E-state index is 15.2. The number of aromatic nitrogens is 6. The summed E-state index contributed by atoms with van der Waals surface area (Å²) in [6.45, 7) is 4.22. The molecule has 1 atom stereocenters. The molecule has 0 aliphatic carbocycles. The van der Waals surface area contributed by atoms with Gasteiger partial charge in [-0.25, -0.2) is 28.7 Å². The van der Waals surface area contributed by atoms with Gasteiger partial charge < -0.3 is 34.8 Å². The minimum atomic E-state index is -4.54. The molecule has 4 aromatic heterocycles. The monoisotopic (exact) mass is 998 g/mol. The molecule has 6 heterocycles. The van der Waals surface area contributed by atoms with Crippen molar-refractivity contribution in [1.82, 2.24) is 50.6 Å². The van der Waals surface area contributed by atoms with Crippen LogP contribution in [0.15, 0.2) is 91.5 Å². The van der Waals surface area contributed by atoms with E-state index in [4.69, 9.17) is 9.47 Å². The molecule has 2 aliphatic heterocycles. The molecular weight excluding hydrogens is 948 g/mol. The number of alkyl halides is 3. The van der Waals surface area contributed by atoms with Crippen LogP contribution < -0.4 is 42.1 Å². The van der Waals surface area contributed by atoms with Gasteiger partial charge >= 0.3 is 6.18 Å². The molecule has 0 radical (unpaired) electrons. The number of nitrogens with zero attached hydrogens (tertiary/aromatic N) is 10. The van der Waals surface area contributed by atoms with Crippen molar-refractivity contribution in [3.63, 3.8) is 0 Å². The van der Waals surface area contributed by atoms with Crippen LogP contribution in [0.5, 0.6) is 0 Å². The lowest BCUT2D eigenvalue weighted by atomic mass is 10.1. The molecule has 25 heteroatoms. The molecule has 6 aromatic rings. The maximum absolute atomic E-state index is 15.2. The fourth-order valence-corrected chi connectivity index (χ4v) is 7.82. The van der Waals surface area contributed by atoms with Gasteiger partial charge in [-0.2, -0.15) is 23.1 Å². The van der Waals surface area contributed by atoms with Gasteiger partial charge in [0.15, 0.2) is 23.3 Å². The van der Waals surface area contributed by atoms with Crippen LogP contribution in [0.4, 0.5) is 68.2 Å². The lowest BCUT2D eigenvalue weighted by molar-refractivity contribution is -0.137. The Morgan fingerprint density at radius 2 is 1.25 bits per heavy atom. The molecule has 6 N–H and O–H groups in total. The first-order valence-electron chi connectivity index (χ1n) is 22.6. The SMILES string of the molecule is CN(C)Cc1cc(Nc2ccc(C(=O)NNc3ncc(F)c(N4CCOC(CN(C)Cc5cccc(Nc6ccc(C(=O)NNc7ncc(F)c(N8CCOCC8)n7)nc6)c5)C4)n3)nc2)cc(C(F)(F)F)c1. The van der Waals surface area contributed by atoms with Crippen molar-refractivity contribution in [3.05, 3.63) is 131 Å². The molecule has 8 rings (SSSR count). The van der Waals surface area contributed by atoms with Crippen molar-refractivity contribution in [3.8, 4) is 0 Å². The van der Waals surface area contributed by atoms with E-state index in [0.29, 0.717) is 82.6 Å². The van der Waals surface area contributed by atoms with Gasteiger partial charge in [0.2, 0.25) is 11.9 Å². The number of carbonyl (C=O) groups excluding carboxylic acids is 2. The second-order valence-electron chi connectivity index (χ2n) is 17.1. The number of likely N-dealkylation sites (N-methyl/N-ethyl adjacent to an activating group) is 1. The lowest BCUT2D eigenvalue weighted by Crippen LogP contribution is -2.47. The molecule has 2 amide bonds. The van der Waals surface area contributed by atoms with E-state index in [1.807, 2.05) is 31.3 Å². The second-order valence-corrected chi connectivity index (χ2v) is 17.1. The molecule has 0 saturated carbocycles. The van der Waals surface area contributed by atoms with E-state index in [9.17, 15) is 27.2 Å². The number of nitrogens with one attached hydrogen (secondary N) is 6. The normalized spacial score (nSPS) is 15.1. The summed E-state index contributed by atoms with van der Waals surface area (Å²) in [5.74, 6) is -2.37. The quantitative estimate of drug-likeness (QED) is 0.0457. The zero-order valence-electron chi connectivity index (χ0n) is 39.3. The Bertz CT molecular complexity index is 2820. The highest BCUT2D eigenvalue weighted by atomic mass is 19.4. The Kier molecular flexibility index (Phi) is 16.1. The Balaban J connectivity index is 0.794. The summed E-state index contributed by atoms with van der Waals surface area (Å²) in [4.78, 5) is 58.0. The van der Waals surface area contributed by atoms with Crippen LogP contribution in [0.3, 0.4) is 0 Å². The Hall–Kier alpha value is -7.87. The molecule has 0 bridgehead atoms. The van der Waals surface area contributed by atoms with Gasteiger partial charge in [0.1, 0.15) is 11.4 Å². The third-order valence-electron chi connectivity index (χ3n) is 11.1. The zero-order valence-corrected chi connectivity index (χ0v) is 39.3. The summed E-state index contributed by atoms with van der Waals surface area (Å²) in [5.41, 5.74) is 12.9. The van der Waals surface area contributed by atoms with Gasteiger partial charge in [-0.15, -0.1) is 0 Å². The van der Waals surface area contributed by atoms with E-state index < -0.39 is 35.2 Å². The van der Waals surface area contributed by atoms with E-state index in [1.54, 1.807) is 47.0 Å². The predicted octanol–water partition coefficient (Wildman–Crippen LogP) is 5.59. The zero-order chi connectivity index (χ0) is 50.8. The van der Waals surface area contributed by atoms with Crippen molar-refractivity contribution < 1.29 is 41.0 Å². The van der Waals surface area contributed by atoms with Crippen LogP contribution in [-0.4, -0.2) is 131 Å². The third-order valence-corrected chi connectivity index (χ3v) is 11.1. The topological polar surface area (TPSA) is 215 Å². The minimum absolute atomic E-state index is 0.0172. The van der Waals surface area contributed by atoms with Gasteiger partial charge in [-0.3, -0.25) is 36.2 Å². The Morgan fingerprint density at radius 1 is 0.667 bits per heavy atom. The number of ether oxygens (including phenoxy) is 2. The average molecular weight is 999 g/mol. The van der Waals surface area contributed by atoms with Crippen molar-refractivity contribution >= 4 is 58.1 Å². The highest BCUT2D eigenvalue weighted by Crippen LogP contribution is 2.33. The number of hydrogen-bond acceptors (Lipinski definition) is 18. The Labute approximate surface area is 410 Å². The number of anilines is 8. The number of rotatable bonds is 18. The number of halogens is 5. The number of hydrazine groups is 2. The predicted molar refractivity (Wildman–Crippen MR) is 258 cm³/mol. The number of amides is 2. The number of benzene rings is 2. The second kappa shape index (κ2) is 22.9. The first kappa shape index (κ1) is 50.5. The molecule has 2 saturated heterocycles. The summed E-state index contributed by atoms with van der Waals surface area (Å²) in [6.07, 6.45) is 0.0338. The van der Waals surface area contributed by atoms with Gasteiger partial charge in [0, 0.05) is 57.2 Å². The highest BCUT2D eigenvalue weighted by Gasteiger charge is 2.31. The molecule has 72 heavy (non-hydrogen) atoms. The molecule has 0 spiro atoms. The van der Waals surface area contributed by atoms with Crippen LogP contribution in [0.25, 0.3) is 0 Å². The van der Waals surface area contributed by atoms with Crippen LogP contribution in [0, 0.1) is 11.6 Å². The molecule has 2 fully saturated rings. The number of morpholine rings is 2. The standard InChI is InChI=1S/C47H51F5N16O4/c1-65(2)25-30-17-31(47(50,51)52)20-35(19-30)58-34-8-10-40(54-22-34)44(70)62-64-46-56-24-38(49)42(60-46)68-13-16-72-36(28-68)27-66(3)26-29-5-4-6-32(18-29)57-33-7-9-39(53-21-33)43(69)61-63-45-55-23-37(48)41(59-45)67-11-14-71-15-12-67/h4-10,17-24,36,57-58H,11-16,25-28H2,1-3H3,(H,61,69)(H,62,70)(H,55,59,63)(H,56,60,64). The van der Waals surface area contributed by atoms with Gasteiger partial charge in [0.05, 0.1) is 67.7 Å². The molecule has 378 valence electrons. The van der Waals surface area contributed by atoms with Crippen molar-refractivity contribution in [2.75, 3.05) is 105 Å². The molecule has 2 aromatic carbocycles. The largest absolute Gasteiger partial charge is 0.416 e. The third kappa shape index (κ3) is 13.7. The van der Waals surface area contributed by atoms with Gasteiger partial charge in [-0.05, 0) is 86.9 Å². The van der Waals surface area contributed by atoms with Gasteiger partial charge in [0.25, 0.3) is 11.8 Å². The minimum Gasteiger partial charge on any atom is -0.378 e. The summed E-state index contributed by atoms with van der Waals surface area (Å²) in [5, 5.41) is 6.23. The van der Waals surface area contributed by atoms with E-state index >= 15 is 4.39 Å². The van der Waals surface area contributed by atoms with Crippen molar-refractivity contribution in [1.29, 1.82) is 0 Å². The molecule has 2 aliphatic rings. The number of pyridine rings is 2. The lowest BCUT2D eigenvalue weighted by Gasteiger charge is -2.35. The van der Waals surface area contributed by atoms with Crippen LogP contribution in [0.1, 0.15) is 37.7 Å². The first-order valence-corrected chi connectivity index (χ1v) is 22.6. The van der Waals surface area contributed by atoms with E-state index in [2.05, 4.69) is 67.1 Å². The fourth-order valence-electron chi connectivity index (χ4n) is 7.82. The van der Waals surface area contributed by atoms with Crippen LogP contribution in [0.2, 0.25) is 0 Å². The summed E-state index contributed by atoms with van der Waals surface area (Å²) < 4.78 is 81.8. The Morgan fingerprint density at radius 3 is 1.83 bits per heavy atom. The maximum Gasteiger partial charge on any atom is 0.416 e. The van der Waals surface area contributed by atoms with Crippen molar-refractivity contribution in [2.45, 2.75) is 25.4 Å². The van der Waals surface area contributed by atoms with E-state index in [-0.39, 0.29) is 46.7 Å². The van der Waals surface area contributed by atoms with Crippen molar-refractivity contribution in [2.24, 2.45) is 0 Å². The average Bonchev–Trinajstić information content (AvgIpc) is 3.36. The number of carbonyl (C=O) groups is 2. The highest BCUT2D eigenvalue weighted by molar-refractivity contribution is 5.93. The summed E-state index contributed by atoms with van der Waals surface area (Å²) >= 11 is 0. The summed E-state index contributed by atoms with van der Waals surface area (Å²) in [7, 11) is 5.46. The first-order chi connectivity index (χ1) is 34.6. The number of hydrogen-bond donors (Lipinski definition) is 6. The van der Waals surface area contributed by atoms with Gasteiger partial charge in [-0.1, -0.05) is 12.1 Å². The summed E-state index contributed by atoms with van der Waals surface area (Å²) in [6, 6.07) is 17.7. The van der Waals surface area contributed by atoms with Crippen LogP contribution in [-0.2, 0) is 28.7 Å². The molecule has 1 unspecified atom stereocenters. The van der Waals surface area contributed by atoms with E-state index in [0.717, 1.165) is 35.8 Å². The van der Waals surface area contributed by atoms with Crippen LogP contribution >= 0.6 is 0 Å².